The first-order valence-corrected chi connectivity index (χ1v) is 15.2. The fraction of sp³-hybridized carbons (Fsp3) is 0.250. The second kappa shape index (κ2) is 13.9. The van der Waals surface area contributed by atoms with Crippen molar-refractivity contribution in [3.63, 3.8) is 0 Å². The van der Waals surface area contributed by atoms with E-state index in [4.69, 9.17) is 9.47 Å². The van der Waals surface area contributed by atoms with Crippen molar-refractivity contribution in [1.82, 2.24) is 5.32 Å². The fourth-order valence-electron chi connectivity index (χ4n) is 4.61. The van der Waals surface area contributed by atoms with Gasteiger partial charge in [0, 0.05) is 12.6 Å². The molecular weight excluding hydrogens is 525 g/mol. The van der Waals surface area contributed by atoms with Crippen molar-refractivity contribution in [1.29, 1.82) is 0 Å². The van der Waals surface area contributed by atoms with Crippen LogP contribution in [0.2, 0.25) is 0 Å². The van der Waals surface area contributed by atoms with Gasteiger partial charge in [-0.15, -0.1) is 0 Å². The summed E-state index contributed by atoms with van der Waals surface area (Å²) in [6, 6.07) is 32.0. The number of ether oxygens (including phenoxy) is 2. The molecule has 0 heterocycles. The summed E-state index contributed by atoms with van der Waals surface area (Å²) < 4.78 is 24.6. The van der Waals surface area contributed by atoms with Gasteiger partial charge in [0.1, 0.15) is 12.4 Å². The van der Waals surface area contributed by atoms with Gasteiger partial charge >= 0.3 is 12.1 Å². The van der Waals surface area contributed by atoms with Gasteiger partial charge in [0.25, 0.3) is 0 Å². The van der Waals surface area contributed by atoms with Crippen LogP contribution in [0.1, 0.15) is 23.6 Å². The highest BCUT2D eigenvalue weighted by atomic mass is 31.2. The molecule has 208 valence electrons. The number of alkyl carbamates (subject to hydrolysis) is 1. The number of hydrogen-bond donors (Lipinski definition) is 2. The summed E-state index contributed by atoms with van der Waals surface area (Å²) in [5.41, 5.74) is 2.42. The molecule has 3 unspecified atom stereocenters. The zero-order valence-corrected chi connectivity index (χ0v) is 23.3. The summed E-state index contributed by atoms with van der Waals surface area (Å²) in [7, 11) is -4.15. The van der Waals surface area contributed by atoms with Crippen LogP contribution < -0.4 is 5.32 Å². The first-order chi connectivity index (χ1) is 19.3. The molecule has 2 N–H and O–H groups in total. The lowest BCUT2D eigenvalue weighted by Crippen LogP contribution is -2.38. The van der Waals surface area contributed by atoms with Gasteiger partial charge < -0.3 is 19.7 Å². The Morgan fingerprint density at radius 3 is 2.08 bits per heavy atom. The highest BCUT2D eigenvalue weighted by Crippen LogP contribution is 2.48. The van der Waals surface area contributed by atoms with Crippen LogP contribution in [0.25, 0.3) is 10.8 Å². The van der Waals surface area contributed by atoms with Gasteiger partial charge in [-0.25, -0.2) is 4.79 Å². The number of amides is 1. The molecule has 0 aliphatic carbocycles. The summed E-state index contributed by atoms with van der Waals surface area (Å²) in [6.07, 6.45) is -0.832. The van der Waals surface area contributed by atoms with Gasteiger partial charge in [0.05, 0.1) is 12.5 Å². The molecule has 0 aliphatic heterocycles. The zero-order chi connectivity index (χ0) is 28.4. The smallest absolute Gasteiger partial charge is 0.408 e. The van der Waals surface area contributed by atoms with Crippen molar-refractivity contribution < 1.29 is 28.5 Å². The van der Waals surface area contributed by atoms with Crippen LogP contribution in [0.5, 0.6) is 0 Å². The monoisotopic (exact) mass is 559 g/mol. The second-order valence-corrected chi connectivity index (χ2v) is 12.2. The molecule has 0 aromatic heterocycles. The van der Waals surface area contributed by atoms with Crippen molar-refractivity contribution in [3.05, 3.63) is 120 Å². The molecule has 40 heavy (non-hydrogen) atoms. The van der Waals surface area contributed by atoms with Crippen LogP contribution in [0, 0.1) is 5.92 Å². The van der Waals surface area contributed by atoms with Crippen molar-refractivity contribution in [2.45, 2.75) is 32.2 Å². The predicted octanol–water partition coefficient (Wildman–Crippen LogP) is 6.33. The highest BCUT2D eigenvalue weighted by Gasteiger charge is 2.38. The summed E-state index contributed by atoms with van der Waals surface area (Å²) in [5.74, 6) is -2.58. The van der Waals surface area contributed by atoms with E-state index < -0.39 is 31.1 Å². The quantitative estimate of drug-likeness (QED) is 0.155. The zero-order valence-electron chi connectivity index (χ0n) is 22.4. The third-order valence-electron chi connectivity index (χ3n) is 6.65. The van der Waals surface area contributed by atoms with Gasteiger partial charge in [0.15, 0.2) is 0 Å². The van der Waals surface area contributed by atoms with Crippen LogP contribution in [-0.2, 0) is 38.3 Å². The molecule has 0 fully saturated rings. The third kappa shape index (κ3) is 8.28. The van der Waals surface area contributed by atoms with Gasteiger partial charge in [-0.05, 0) is 40.8 Å². The number of carbonyl (C=O) groups is 2. The van der Waals surface area contributed by atoms with Gasteiger partial charge in [-0.3, -0.25) is 9.36 Å². The second-order valence-electron chi connectivity index (χ2n) is 9.68. The van der Waals surface area contributed by atoms with Gasteiger partial charge in [0.2, 0.25) is 7.37 Å². The minimum absolute atomic E-state index is 0.0217. The minimum atomic E-state index is -4.15. The standard InChI is InChI=1S/C32H34NO6P/c1-2-38-31(34)29(20-26-17-18-27-15-9-10-16-28(27)19-26)23-40(36,37)30(21-24-11-5-3-6-12-24)33-32(35)39-22-25-13-7-4-8-14-25/h3-19,29-30H,2,20-23H2,1H3,(H,33,35)(H,36,37). The molecule has 4 aromatic carbocycles. The van der Waals surface area contributed by atoms with Crippen LogP contribution in [0.15, 0.2) is 103 Å². The molecule has 0 bridgehead atoms. The summed E-state index contributed by atoms with van der Waals surface area (Å²) in [5, 5.41) is 4.69. The van der Waals surface area contributed by atoms with Crippen LogP contribution in [0.4, 0.5) is 4.79 Å². The Bertz CT molecular complexity index is 1460. The lowest BCUT2D eigenvalue weighted by Gasteiger charge is -2.27. The van der Waals surface area contributed by atoms with Crippen molar-refractivity contribution in [2.24, 2.45) is 5.92 Å². The predicted molar refractivity (Wildman–Crippen MR) is 156 cm³/mol. The van der Waals surface area contributed by atoms with E-state index in [1.807, 2.05) is 103 Å². The van der Waals surface area contributed by atoms with Crippen molar-refractivity contribution in [2.75, 3.05) is 12.8 Å². The fourth-order valence-corrected chi connectivity index (χ4v) is 6.58. The number of hydrogen-bond acceptors (Lipinski definition) is 5. The largest absolute Gasteiger partial charge is 0.466 e. The average molecular weight is 560 g/mol. The normalized spacial score (nSPS) is 14.1. The van der Waals surface area contributed by atoms with Crippen molar-refractivity contribution >= 4 is 30.2 Å². The van der Waals surface area contributed by atoms with E-state index in [1.165, 1.54) is 0 Å². The molecule has 4 rings (SSSR count). The molecular formula is C32H34NO6P. The van der Waals surface area contributed by atoms with Gasteiger partial charge in [-0.1, -0.05) is 103 Å². The number of benzene rings is 4. The van der Waals surface area contributed by atoms with Crippen LogP contribution in [-0.4, -0.2) is 35.5 Å². The third-order valence-corrected chi connectivity index (χ3v) is 8.90. The Morgan fingerprint density at radius 2 is 1.40 bits per heavy atom. The Morgan fingerprint density at radius 1 is 0.775 bits per heavy atom. The van der Waals surface area contributed by atoms with Crippen molar-refractivity contribution in [3.8, 4) is 0 Å². The van der Waals surface area contributed by atoms with Crippen LogP contribution in [0.3, 0.4) is 0 Å². The number of esters is 1. The molecule has 8 heteroatoms. The first-order valence-electron chi connectivity index (χ1n) is 13.3. The van der Waals surface area contributed by atoms with E-state index in [1.54, 1.807) is 6.92 Å². The highest BCUT2D eigenvalue weighted by molar-refractivity contribution is 7.58. The van der Waals surface area contributed by atoms with E-state index in [-0.39, 0.29) is 32.2 Å². The summed E-state index contributed by atoms with van der Waals surface area (Å²) in [6.45, 7) is 1.88. The minimum Gasteiger partial charge on any atom is -0.466 e. The molecule has 0 radical (unpaired) electrons. The maximum atomic E-state index is 13.9. The van der Waals surface area contributed by atoms with E-state index in [9.17, 15) is 19.0 Å². The number of carbonyl (C=O) groups excluding carboxylic acids is 2. The first kappa shape index (κ1) is 29.1. The molecule has 4 aromatic rings. The van der Waals surface area contributed by atoms with Gasteiger partial charge in [-0.2, -0.15) is 0 Å². The topological polar surface area (TPSA) is 102 Å². The van der Waals surface area contributed by atoms with E-state index >= 15 is 0 Å². The Labute approximate surface area is 234 Å². The molecule has 3 atom stereocenters. The molecule has 0 saturated heterocycles. The summed E-state index contributed by atoms with van der Waals surface area (Å²) >= 11 is 0. The van der Waals surface area contributed by atoms with E-state index in [2.05, 4.69) is 5.32 Å². The lowest BCUT2D eigenvalue weighted by molar-refractivity contribution is -0.147. The Kier molecular flexibility index (Phi) is 10.1. The lowest BCUT2D eigenvalue weighted by atomic mass is 9.98. The molecule has 1 amide bonds. The average Bonchev–Trinajstić information content (AvgIpc) is 2.96. The molecule has 0 saturated carbocycles. The SMILES string of the molecule is CCOC(=O)C(Cc1ccc2ccccc2c1)CP(=O)(O)C(Cc1ccccc1)NC(=O)OCc1ccccc1. The molecule has 0 aliphatic rings. The van der Waals surface area contributed by atoms with Crippen LogP contribution >= 0.6 is 7.37 Å². The Hall–Kier alpha value is -3.93. The van der Waals surface area contributed by atoms with E-state index in [0.29, 0.717) is 0 Å². The maximum Gasteiger partial charge on any atom is 0.408 e. The molecule has 0 spiro atoms. The number of fused-ring (bicyclic) bond motifs is 1. The maximum absolute atomic E-state index is 13.9. The number of nitrogens with one attached hydrogen (secondary N) is 1. The number of rotatable bonds is 12. The summed E-state index contributed by atoms with van der Waals surface area (Å²) in [4.78, 5) is 37.1. The Balaban J connectivity index is 1.54. The van der Waals surface area contributed by atoms with E-state index in [0.717, 1.165) is 27.5 Å². The molecule has 7 nitrogen and oxygen atoms in total.